The molecule has 0 saturated heterocycles. The summed E-state index contributed by atoms with van der Waals surface area (Å²) < 4.78 is 1.88. The molecule has 1 heterocycles. The van der Waals surface area contributed by atoms with E-state index >= 15 is 0 Å². The van der Waals surface area contributed by atoms with Crippen molar-refractivity contribution in [2.24, 2.45) is 12.1 Å². The van der Waals surface area contributed by atoms with Gasteiger partial charge in [-0.2, -0.15) is 5.10 Å². The fourth-order valence-corrected chi connectivity index (χ4v) is 3.63. The minimum atomic E-state index is -0.195. The number of aromatic nitrogens is 3. The van der Waals surface area contributed by atoms with Crippen molar-refractivity contribution in [3.05, 3.63) is 71.3 Å². The van der Waals surface area contributed by atoms with Crippen LogP contribution in [0, 0.1) is 0 Å². The zero-order valence-corrected chi connectivity index (χ0v) is 19.1. The van der Waals surface area contributed by atoms with E-state index in [4.69, 9.17) is 0 Å². The third-order valence-electron chi connectivity index (χ3n) is 4.65. The van der Waals surface area contributed by atoms with Gasteiger partial charge >= 0.3 is 0 Å². The first kappa shape index (κ1) is 22.5. The Bertz CT molecular complexity index is 1070. The van der Waals surface area contributed by atoms with Gasteiger partial charge in [0.2, 0.25) is 0 Å². The van der Waals surface area contributed by atoms with Crippen LogP contribution >= 0.6 is 11.8 Å². The van der Waals surface area contributed by atoms with Crippen molar-refractivity contribution in [1.29, 1.82) is 0 Å². The van der Waals surface area contributed by atoms with Crippen LogP contribution < -0.4 is 5.43 Å². The zero-order chi connectivity index (χ0) is 22.2. The molecule has 0 radical (unpaired) electrons. The zero-order valence-electron chi connectivity index (χ0n) is 18.2. The van der Waals surface area contributed by atoms with Crippen molar-refractivity contribution >= 4 is 30.0 Å². The fourth-order valence-electron chi connectivity index (χ4n) is 2.92. The molecule has 160 valence electrons. The molecule has 6 nitrogen and oxygen atoms in total. The van der Waals surface area contributed by atoms with Crippen molar-refractivity contribution in [3.8, 4) is 11.4 Å². The van der Waals surface area contributed by atoms with E-state index in [9.17, 15) is 4.79 Å². The molecule has 3 rings (SSSR count). The second kappa shape index (κ2) is 10.7. The molecule has 7 heteroatoms. The molecular formula is C24H27N5OS. The van der Waals surface area contributed by atoms with Gasteiger partial charge in [-0.3, -0.25) is 4.79 Å². The van der Waals surface area contributed by atoms with Gasteiger partial charge in [0.25, 0.3) is 5.91 Å². The SMILES string of the molecule is CC(/C=N/NC(=O)CSc1nnc(-c2ccccc2)n1C)=C\c1ccc(C(C)C)cc1. The molecule has 0 spiro atoms. The maximum atomic E-state index is 12.1. The van der Waals surface area contributed by atoms with E-state index in [0.29, 0.717) is 11.1 Å². The van der Waals surface area contributed by atoms with E-state index in [0.717, 1.165) is 22.5 Å². The first-order chi connectivity index (χ1) is 14.9. The molecule has 0 atom stereocenters. The smallest absolute Gasteiger partial charge is 0.250 e. The number of rotatable bonds is 8. The lowest BCUT2D eigenvalue weighted by Crippen LogP contribution is -2.19. The van der Waals surface area contributed by atoms with E-state index in [1.165, 1.54) is 17.3 Å². The number of hydrogen-bond acceptors (Lipinski definition) is 5. The molecular weight excluding hydrogens is 406 g/mol. The van der Waals surface area contributed by atoms with Crippen LogP contribution in [0.3, 0.4) is 0 Å². The quantitative estimate of drug-likeness (QED) is 0.311. The molecule has 1 amide bonds. The molecule has 0 fully saturated rings. The summed E-state index contributed by atoms with van der Waals surface area (Å²) in [5, 5.41) is 13.1. The van der Waals surface area contributed by atoms with Crippen molar-refractivity contribution in [1.82, 2.24) is 20.2 Å². The molecule has 1 N–H and O–H groups in total. The van der Waals surface area contributed by atoms with E-state index in [1.54, 1.807) is 6.21 Å². The summed E-state index contributed by atoms with van der Waals surface area (Å²) in [6.45, 7) is 6.30. The summed E-state index contributed by atoms with van der Waals surface area (Å²) in [5.74, 6) is 1.29. The summed E-state index contributed by atoms with van der Waals surface area (Å²) in [6, 6.07) is 18.3. The third kappa shape index (κ3) is 6.39. The Balaban J connectivity index is 1.50. The predicted molar refractivity (Wildman–Crippen MR) is 128 cm³/mol. The van der Waals surface area contributed by atoms with E-state index < -0.39 is 0 Å². The van der Waals surface area contributed by atoms with Crippen molar-refractivity contribution in [3.63, 3.8) is 0 Å². The van der Waals surface area contributed by atoms with Crippen molar-refractivity contribution in [2.45, 2.75) is 31.8 Å². The van der Waals surface area contributed by atoms with Crippen LogP contribution in [-0.4, -0.2) is 32.6 Å². The lowest BCUT2D eigenvalue weighted by atomic mass is 10.0. The Kier molecular flexibility index (Phi) is 7.78. The lowest BCUT2D eigenvalue weighted by Gasteiger charge is -2.05. The number of benzene rings is 2. The number of hydrogen-bond donors (Lipinski definition) is 1. The second-order valence-corrected chi connectivity index (χ2v) is 8.47. The van der Waals surface area contributed by atoms with Gasteiger partial charge in [0.1, 0.15) is 0 Å². The summed E-state index contributed by atoms with van der Waals surface area (Å²) in [6.07, 6.45) is 3.67. The normalized spacial score (nSPS) is 12.0. The molecule has 0 aliphatic rings. The van der Waals surface area contributed by atoms with Gasteiger partial charge in [-0.25, -0.2) is 5.43 Å². The largest absolute Gasteiger partial charge is 0.305 e. The van der Waals surface area contributed by atoms with Crippen LogP contribution in [0.25, 0.3) is 17.5 Å². The molecule has 31 heavy (non-hydrogen) atoms. The standard InChI is InChI=1S/C24H27N5OS/c1-17(2)20-12-10-19(11-13-20)14-18(3)15-25-26-22(30)16-31-24-28-27-23(29(24)4)21-8-6-5-7-9-21/h5-15,17H,16H2,1-4H3,(H,26,30)/b18-14+,25-15+. The number of thioether (sulfide) groups is 1. The Morgan fingerprint density at radius 3 is 2.52 bits per heavy atom. The highest BCUT2D eigenvalue weighted by Gasteiger charge is 2.12. The molecule has 0 saturated carbocycles. The number of nitrogens with zero attached hydrogens (tertiary/aromatic N) is 4. The van der Waals surface area contributed by atoms with Crippen LogP contribution in [0.1, 0.15) is 37.8 Å². The highest BCUT2D eigenvalue weighted by Crippen LogP contribution is 2.22. The first-order valence-corrected chi connectivity index (χ1v) is 11.1. The van der Waals surface area contributed by atoms with Gasteiger partial charge < -0.3 is 4.57 Å². The maximum absolute atomic E-state index is 12.1. The van der Waals surface area contributed by atoms with E-state index in [2.05, 4.69) is 58.8 Å². The number of nitrogens with one attached hydrogen (secondary N) is 1. The average molecular weight is 434 g/mol. The third-order valence-corrected chi connectivity index (χ3v) is 5.67. The summed E-state index contributed by atoms with van der Waals surface area (Å²) in [5.41, 5.74) is 6.91. The Morgan fingerprint density at radius 1 is 1.13 bits per heavy atom. The van der Waals surface area contributed by atoms with Gasteiger partial charge in [-0.05, 0) is 29.5 Å². The number of carbonyl (C=O) groups is 1. The van der Waals surface area contributed by atoms with Crippen molar-refractivity contribution in [2.75, 3.05) is 5.75 Å². The monoisotopic (exact) mass is 433 g/mol. The molecule has 0 aliphatic heterocycles. The minimum absolute atomic E-state index is 0.195. The number of carbonyl (C=O) groups excluding carboxylic acids is 1. The Hall–Kier alpha value is -3.19. The molecule has 0 bridgehead atoms. The number of amides is 1. The molecule has 0 aliphatic carbocycles. The van der Waals surface area contributed by atoms with Gasteiger partial charge in [0, 0.05) is 12.6 Å². The molecule has 2 aromatic carbocycles. The van der Waals surface area contributed by atoms with E-state index in [-0.39, 0.29) is 11.7 Å². The van der Waals surface area contributed by atoms with Gasteiger partial charge in [0.15, 0.2) is 11.0 Å². The Morgan fingerprint density at radius 2 is 1.84 bits per heavy atom. The topological polar surface area (TPSA) is 72.2 Å². The van der Waals surface area contributed by atoms with Gasteiger partial charge in [0.05, 0.1) is 12.0 Å². The number of allylic oxidation sites excluding steroid dienone is 1. The van der Waals surface area contributed by atoms with Gasteiger partial charge in [-0.15, -0.1) is 10.2 Å². The fraction of sp³-hybridized carbons (Fsp3) is 0.250. The second-order valence-electron chi connectivity index (χ2n) is 7.52. The van der Waals surface area contributed by atoms with Crippen LogP contribution in [0.4, 0.5) is 0 Å². The highest BCUT2D eigenvalue weighted by molar-refractivity contribution is 7.99. The number of hydrazone groups is 1. The minimum Gasteiger partial charge on any atom is -0.305 e. The average Bonchev–Trinajstić information content (AvgIpc) is 3.13. The van der Waals surface area contributed by atoms with Crippen molar-refractivity contribution < 1.29 is 4.79 Å². The molecule has 3 aromatic rings. The van der Waals surface area contributed by atoms with Gasteiger partial charge in [-0.1, -0.05) is 86.3 Å². The van der Waals surface area contributed by atoms with Crippen LogP contribution in [0.15, 0.2) is 70.4 Å². The maximum Gasteiger partial charge on any atom is 0.250 e. The van der Waals surface area contributed by atoms with Crippen LogP contribution in [0.5, 0.6) is 0 Å². The molecule has 0 unspecified atom stereocenters. The van der Waals surface area contributed by atoms with Crippen LogP contribution in [0.2, 0.25) is 0 Å². The van der Waals surface area contributed by atoms with Crippen LogP contribution in [-0.2, 0) is 11.8 Å². The molecule has 1 aromatic heterocycles. The first-order valence-electron chi connectivity index (χ1n) is 10.1. The predicted octanol–water partition coefficient (Wildman–Crippen LogP) is 4.90. The lowest BCUT2D eigenvalue weighted by molar-refractivity contribution is -0.118. The van der Waals surface area contributed by atoms with E-state index in [1.807, 2.05) is 54.9 Å². The Labute approximate surface area is 187 Å². The summed E-state index contributed by atoms with van der Waals surface area (Å²) in [4.78, 5) is 12.1. The highest BCUT2D eigenvalue weighted by atomic mass is 32.2. The summed E-state index contributed by atoms with van der Waals surface area (Å²) >= 11 is 1.32. The summed E-state index contributed by atoms with van der Waals surface area (Å²) in [7, 11) is 1.89.